The van der Waals surface area contributed by atoms with Crippen LogP contribution in [0.4, 0.5) is 0 Å². The second-order valence-corrected chi connectivity index (χ2v) is 6.81. The second-order valence-electron chi connectivity index (χ2n) is 6.81. The van der Waals surface area contributed by atoms with E-state index in [9.17, 15) is 4.79 Å². The monoisotopic (exact) mass is 412 g/mol. The minimum atomic E-state index is 0.135. The van der Waals surface area contributed by atoms with E-state index in [4.69, 9.17) is 9.47 Å². The molecule has 1 amide bonds. The molecule has 4 rings (SSSR count). The fraction of sp³-hybridized carbons (Fsp3) is 0.480. The van der Waals surface area contributed by atoms with Crippen LogP contribution in [0.15, 0.2) is 42.5 Å². The molecular weight excluding hydrogens is 376 g/mol. The van der Waals surface area contributed by atoms with Crippen LogP contribution in [0.25, 0.3) is 0 Å². The summed E-state index contributed by atoms with van der Waals surface area (Å²) in [6.07, 6.45) is 0.993. The topological polar surface area (TPSA) is 42.0 Å². The largest absolute Gasteiger partial charge is 0.454 e. The van der Waals surface area contributed by atoms with E-state index in [1.807, 2.05) is 62.9 Å². The minimum absolute atomic E-state index is 0.135. The summed E-state index contributed by atoms with van der Waals surface area (Å²) in [5.74, 6) is 1.78. The molecular formula is C25H36N2O3. The van der Waals surface area contributed by atoms with E-state index in [1.165, 1.54) is 11.1 Å². The maximum absolute atomic E-state index is 12.7. The molecule has 0 N–H and O–H groups in total. The smallest absolute Gasteiger partial charge is 0.253 e. The summed E-state index contributed by atoms with van der Waals surface area (Å²) in [5.41, 5.74) is 3.26. The Labute approximate surface area is 181 Å². The second kappa shape index (κ2) is 12.2. The average molecular weight is 413 g/mol. The van der Waals surface area contributed by atoms with Gasteiger partial charge in [-0.05, 0) is 41.8 Å². The molecule has 0 aliphatic carbocycles. The molecule has 0 atom stereocenters. The van der Waals surface area contributed by atoms with Gasteiger partial charge in [-0.15, -0.1) is 0 Å². The highest BCUT2D eigenvalue weighted by molar-refractivity contribution is 5.94. The SMILES string of the molecule is CC.CC.CCc1ccc(C(=O)N2CCN(Cc3ccc4c(c3)OCO4)CC2)cc1. The Bertz CT molecular complexity index is 781. The van der Waals surface area contributed by atoms with Crippen LogP contribution in [0.2, 0.25) is 0 Å². The molecule has 0 spiro atoms. The first-order chi connectivity index (χ1) is 14.7. The number of hydrogen-bond donors (Lipinski definition) is 0. The van der Waals surface area contributed by atoms with E-state index in [1.54, 1.807) is 0 Å². The van der Waals surface area contributed by atoms with Crippen LogP contribution in [0, 0.1) is 0 Å². The Morgan fingerprint density at radius 3 is 2.07 bits per heavy atom. The van der Waals surface area contributed by atoms with Crippen molar-refractivity contribution in [3.8, 4) is 11.5 Å². The molecule has 0 unspecified atom stereocenters. The Hall–Kier alpha value is -2.53. The number of carbonyl (C=O) groups excluding carboxylic acids is 1. The third-order valence-corrected chi connectivity index (χ3v) is 5.11. The number of piperazine rings is 1. The summed E-state index contributed by atoms with van der Waals surface area (Å²) >= 11 is 0. The quantitative estimate of drug-likeness (QED) is 0.710. The van der Waals surface area contributed by atoms with Gasteiger partial charge in [-0.25, -0.2) is 0 Å². The molecule has 2 aromatic carbocycles. The van der Waals surface area contributed by atoms with Gasteiger partial charge in [-0.3, -0.25) is 9.69 Å². The number of nitrogens with zero attached hydrogens (tertiary/aromatic N) is 2. The van der Waals surface area contributed by atoms with Crippen LogP contribution >= 0.6 is 0 Å². The number of benzene rings is 2. The Balaban J connectivity index is 0.000000757. The van der Waals surface area contributed by atoms with Gasteiger partial charge >= 0.3 is 0 Å². The highest BCUT2D eigenvalue weighted by Gasteiger charge is 2.22. The van der Waals surface area contributed by atoms with Crippen molar-refractivity contribution in [2.75, 3.05) is 33.0 Å². The number of ether oxygens (including phenoxy) is 2. The zero-order valence-electron chi connectivity index (χ0n) is 19.1. The lowest BCUT2D eigenvalue weighted by atomic mass is 10.1. The number of aryl methyl sites for hydroxylation is 1. The number of hydrogen-bond acceptors (Lipinski definition) is 4. The van der Waals surface area contributed by atoms with E-state index in [2.05, 4.69) is 24.0 Å². The van der Waals surface area contributed by atoms with E-state index >= 15 is 0 Å². The van der Waals surface area contributed by atoms with Gasteiger partial charge in [0.2, 0.25) is 6.79 Å². The first-order valence-corrected chi connectivity index (χ1v) is 11.2. The molecule has 164 valence electrons. The molecule has 30 heavy (non-hydrogen) atoms. The number of fused-ring (bicyclic) bond motifs is 1. The first kappa shape index (κ1) is 23.7. The van der Waals surface area contributed by atoms with Gasteiger partial charge in [0.05, 0.1) is 0 Å². The predicted molar refractivity (Wildman–Crippen MR) is 122 cm³/mol. The fourth-order valence-electron chi connectivity index (χ4n) is 3.47. The van der Waals surface area contributed by atoms with Crippen LogP contribution < -0.4 is 9.47 Å². The van der Waals surface area contributed by atoms with Crippen molar-refractivity contribution in [2.24, 2.45) is 0 Å². The normalized spacial score (nSPS) is 14.9. The zero-order chi connectivity index (χ0) is 21.9. The molecule has 5 nitrogen and oxygen atoms in total. The summed E-state index contributed by atoms with van der Waals surface area (Å²) in [6.45, 7) is 14.6. The van der Waals surface area contributed by atoms with Gasteiger partial charge < -0.3 is 14.4 Å². The van der Waals surface area contributed by atoms with Gasteiger partial charge in [0.25, 0.3) is 5.91 Å². The summed E-state index contributed by atoms with van der Waals surface area (Å²) in [5, 5.41) is 0. The summed E-state index contributed by atoms with van der Waals surface area (Å²) in [4.78, 5) is 17.0. The number of carbonyl (C=O) groups is 1. The standard InChI is InChI=1S/C21H24N2O3.2C2H6/c1-2-16-3-6-18(7-4-16)21(24)23-11-9-22(10-12-23)14-17-5-8-19-20(13-17)26-15-25-19;2*1-2/h3-8,13H,2,9-12,14-15H2,1H3;2*1-2H3. The molecule has 0 aromatic heterocycles. The van der Waals surface area contributed by atoms with Crippen LogP contribution in [-0.2, 0) is 13.0 Å². The molecule has 2 aromatic rings. The van der Waals surface area contributed by atoms with Crippen molar-refractivity contribution in [2.45, 2.75) is 47.6 Å². The van der Waals surface area contributed by atoms with Crippen molar-refractivity contribution in [1.29, 1.82) is 0 Å². The van der Waals surface area contributed by atoms with Crippen molar-refractivity contribution in [1.82, 2.24) is 9.80 Å². The molecule has 0 saturated carbocycles. The van der Waals surface area contributed by atoms with Gasteiger partial charge in [-0.2, -0.15) is 0 Å². The number of rotatable bonds is 4. The summed E-state index contributed by atoms with van der Waals surface area (Å²) in [6, 6.07) is 14.1. The third kappa shape index (κ3) is 5.99. The van der Waals surface area contributed by atoms with Crippen LogP contribution in [0.5, 0.6) is 11.5 Å². The lowest BCUT2D eigenvalue weighted by Crippen LogP contribution is -2.48. The Morgan fingerprint density at radius 2 is 1.43 bits per heavy atom. The predicted octanol–water partition coefficient (Wildman–Crippen LogP) is 4.99. The van der Waals surface area contributed by atoms with Gasteiger partial charge in [-0.1, -0.05) is 52.8 Å². The highest BCUT2D eigenvalue weighted by Crippen LogP contribution is 2.32. The fourth-order valence-corrected chi connectivity index (χ4v) is 3.47. The minimum Gasteiger partial charge on any atom is -0.454 e. The van der Waals surface area contributed by atoms with E-state index in [-0.39, 0.29) is 5.91 Å². The Morgan fingerprint density at radius 1 is 0.833 bits per heavy atom. The molecule has 5 heteroatoms. The molecule has 1 saturated heterocycles. The van der Waals surface area contributed by atoms with Crippen molar-refractivity contribution in [3.05, 3.63) is 59.2 Å². The van der Waals surface area contributed by atoms with Crippen LogP contribution in [0.1, 0.15) is 56.1 Å². The molecule has 2 heterocycles. The maximum atomic E-state index is 12.7. The first-order valence-electron chi connectivity index (χ1n) is 11.2. The average Bonchev–Trinajstić information content (AvgIpc) is 3.30. The van der Waals surface area contributed by atoms with Crippen molar-refractivity contribution < 1.29 is 14.3 Å². The van der Waals surface area contributed by atoms with Gasteiger partial charge in [0, 0.05) is 38.3 Å². The van der Waals surface area contributed by atoms with E-state index < -0.39 is 0 Å². The molecule has 0 radical (unpaired) electrons. The lowest BCUT2D eigenvalue weighted by Gasteiger charge is -2.34. The molecule has 0 bridgehead atoms. The lowest BCUT2D eigenvalue weighted by molar-refractivity contribution is 0.0628. The van der Waals surface area contributed by atoms with Crippen molar-refractivity contribution >= 4 is 5.91 Å². The van der Waals surface area contributed by atoms with Crippen LogP contribution in [0.3, 0.4) is 0 Å². The highest BCUT2D eigenvalue weighted by atomic mass is 16.7. The third-order valence-electron chi connectivity index (χ3n) is 5.11. The van der Waals surface area contributed by atoms with Gasteiger partial charge in [0.1, 0.15) is 0 Å². The van der Waals surface area contributed by atoms with E-state index in [0.717, 1.165) is 56.2 Å². The summed E-state index contributed by atoms with van der Waals surface area (Å²) < 4.78 is 10.8. The number of amides is 1. The summed E-state index contributed by atoms with van der Waals surface area (Å²) in [7, 11) is 0. The Kier molecular flexibility index (Phi) is 9.68. The molecule has 2 aliphatic heterocycles. The maximum Gasteiger partial charge on any atom is 0.253 e. The van der Waals surface area contributed by atoms with Crippen LogP contribution in [-0.4, -0.2) is 48.7 Å². The molecule has 2 aliphatic rings. The van der Waals surface area contributed by atoms with Gasteiger partial charge in [0.15, 0.2) is 11.5 Å². The van der Waals surface area contributed by atoms with Crippen molar-refractivity contribution in [3.63, 3.8) is 0 Å². The molecule has 1 fully saturated rings. The van der Waals surface area contributed by atoms with E-state index in [0.29, 0.717) is 6.79 Å². The zero-order valence-corrected chi connectivity index (χ0v) is 19.1.